The minimum Gasteiger partial charge on any atom is -0.348 e. The fourth-order valence-electron chi connectivity index (χ4n) is 2.66. The average molecular weight is 465 g/mol. The van der Waals surface area contributed by atoms with Crippen LogP contribution in [-0.4, -0.2) is 20.9 Å². The van der Waals surface area contributed by atoms with Crippen molar-refractivity contribution in [2.24, 2.45) is 4.36 Å². The number of nitrogens with one attached hydrogen (secondary N) is 1. The van der Waals surface area contributed by atoms with Gasteiger partial charge in [-0.25, -0.2) is 4.21 Å². The highest BCUT2D eigenvalue weighted by atomic mass is 79.9. The maximum Gasteiger partial charge on any atom is 0.257 e. The lowest BCUT2D eigenvalue weighted by molar-refractivity contribution is 0.0948. The van der Waals surface area contributed by atoms with Gasteiger partial charge in [0.2, 0.25) is 11.6 Å². The van der Waals surface area contributed by atoms with Crippen LogP contribution in [0.5, 0.6) is 0 Å². The molecule has 2 aromatic rings. The van der Waals surface area contributed by atoms with Crippen LogP contribution < -0.4 is 10.7 Å². The first-order valence-electron chi connectivity index (χ1n) is 8.47. The first-order chi connectivity index (χ1) is 13.1. The average Bonchev–Trinajstić information content (AvgIpc) is 2.64. The van der Waals surface area contributed by atoms with Gasteiger partial charge in [0, 0.05) is 35.6 Å². The summed E-state index contributed by atoms with van der Waals surface area (Å²) in [5.74, 6) is -0.469. The molecule has 9 heteroatoms. The van der Waals surface area contributed by atoms with Gasteiger partial charge in [-0.05, 0) is 54.4 Å². The molecule has 2 rings (SSSR count). The maximum absolute atomic E-state index is 12.5. The van der Waals surface area contributed by atoms with Crippen LogP contribution in [0.1, 0.15) is 41.5 Å². The summed E-state index contributed by atoms with van der Waals surface area (Å²) in [6.07, 6.45) is 4.52. The summed E-state index contributed by atoms with van der Waals surface area (Å²) in [7, 11) is -2.75. The van der Waals surface area contributed by atoms with Gasteiger partial charge in [0.1, 0.15) is 5.56 Å². The highest BCUT2D eigenvalue weighted by Crippen LogP contribution is 2.17. The number of nitrogens with zero attached hydrogens (tertiary/aromatic N) is 3. The van der Waals surface area contributed by atoms with E-state index in [0.29, 0.717) is 9.37 Å². The van der Waals surface area contributed by atoms with Gasteiger partial charge in [-0.3, -0.25) is 9.59 Å². The molecular formula is C19H21BrN4O3S. The molecule has 1 amide bonds. The van der Waals surface area contributed by atoms with Crippen LogP contribution in [0.3, 0.4) is 0 Å². The van der Waals surface area contributed by atoms with E-state index in [1.54, 1.807) is 36.7 Å². The molecule has 0 saturated carbocycles. The Bertz CT molecular complexity index is 1120. The third kappa shape index (κ3) is 4.69. The molecule has 1 aromatic carbocycles. The second-order valence-corrected chi connectivity index (χ2v) is 9.64. The number of aromatic nitrogens is 1. The second kappa shape index (κ2) is 8.71. The molecule has 7 nitrogen and oxygen atoms in total. The second-order valence-electron chi connectivity index (χ2n) is 6.59. The molecule has 1 atom stereocenters. The van der Waals surface area contributed by atoms with Gasteiger partial charge >= 0.3 is 0 Å². The molecular weight excluding hydrogens is 444 g/mol. The topological polar surface area (TPSA) is 104 Å². The fourth-order valence-corrected chi connectivity index (χ4v) is 3.98. The zero-order valence-corrected chi connectivity index (χ0v) is 18.4. The third-order valence-corrected chi connectivity index (χ3v) is 6.76. The first kappa shape index (κ1) is 21.9. The summed E-state index contributed by atoms with van der Waals surface area (Å²) < 4.78 is 17.9. The number of nitriles is 1. The molecule has 0 fully saturated rings. The number of carbonyl (C=O) groups is 1. The van der Waals surface area contributed by atoms with E-state index < -0.39 is 15.6 Å². The zero-order chi connectivity index (χ0) is 21.1. The van der Waals surface area contributed by atoms with Crippen molar-refractivity contribution in [1.29, 1.82) is 5.26 Å². The Labute approximate surface area is 172 Å². The predicted molar refractivity (Wildman–Crippen MR) is 112 cm³/mol. The fraction of sp³-hybridized carbons (Fsp3) is 0.316. The minimum absolute atomic E-state index is 0.0622. The van der Waals surface area contributed by atoms with Crippen LogP contribution >= 0.6 is 15.9 Å². The SMILES string of the molecule is Cc1c(Br)c(=O)c(C(=O)NCc2ccc([S@@](C)(=O)=NC#N)cc2)cn1C(C)C. The Kier molecular flexibility index (Phi) is 6.80. The van der Waals surface area contributed by atoms with Crippen molar-refractivity contribution in [1.82, 2.24) is 9.88 Å². The number of halogens is 1. The standard InChI is InChI=1S/C19H21BrN4O3S/c1-12(2)24-10-16(18(25)17(20)13(24)3)19(26)22-9-14-5-7-15(8-6-14)28(4,27)23-11-21/h5-8,10,12H,9H2,1-4H3,(H,22,26)/t28-/m1/s1. The Balaban J connectivity index is 2.22. The monoisotopic (exact) mass is 464 g/mol. The van der Waals surface area contributed by atoms with Crippen molar-refractivity contribution in [2.45, 2.75) is 38.3 Å². The lowest BCUT2D eigenvalue weighted by atomic mass is 10.2. The molecule has 0 bridgehead atoms. The lowest BCUT2D eigenvalue weighted by Gasteiger charge is -2.17. The molecule has 28 heavy (non-hydrogen) atoms. The molecule has 1 N–H and O–H groups in total. The smallest absolute Gasteiger partial charge is 0.257 e. The van der Waals surface area contributed by atoms with E-state index in [9.17, 15) is 13.8 Å². The van der Waals surface area contributed by atoms with Gasteiger partial charge in [-0.15, -0.1) is 4.36 Å². The lowest BCUT2D eigenvalue weighted by Crippen LogP contribution is -2.30. The normalized spacial score (nSPS) is 12.9. The van der Waals surface area contributed by atoms with Crippen molar-refractivity contribution in [3.63, 3.8) is 0 Å². The maximum atomic E-state index is 12.5. The Morgan fingerprint density at radius 1 is 1.36 bits per heavy atom. The van der Waals surface area contributed by atoms with Crippen molar-refractivity contribution in [2.75, 3.05) is 6.26 Å². The van der Waals surface area contributed by atoms with E-state index in [1.807, 2.05) is 25.3 Å². The zero-order valence-electron chi connectivity index (χ0n) is 16.0. The first-order valence-corrected chi connectivity index (χ1v) is 11.2. The predicted octanol–water partition coefficient (Wildman–Crippen LogP) is 3.37. The van der Waals surface area contributed by atoms with Gasteiger partial charge in [-0.2, -0.15) is 5.26 Å². The van der Waals surface area contributed by atoms with E-state index in [1.165, 1.54) is 6.26 Å². The molecule has 148 valence electrons. The molecule has 0 spiro atoms. The van der Waals surface area contributed by atoms with Crippen molar-refractivity contribution < 1.29 is 9.00 Å². The summed E-state index contributed by atoms with van der Waals surface area (Å²) in [5.41, 5.74) is 1.23. The van der Waals surface area contributed by atoms with Gasteiger partial charge in [0.15, 0.2) is 0 Å². The number of benzene rings is 1. The van der Waals surface area contributed by atoms with Crippen LogP contribution in [-0.2, 0) is 16.3 Å². The van der Waals surface area contributed by atoms with Crippen molar-refractivity contribution >= 4 is 31.6 Å². The van der Waals surface area contributed by atoms with Gasteiger partial charge in [-0.1, -0.05) is 12.1 Å². The quantitative estimate of drug-likeness (QED) is 0.684. The van der Waals surface area contributed by atoms with Gasteiger partial charge in [0.05, 0.1) is 14.2 Å². The molecule has 0 saturated heterocycles. The summed E-state index contributed by atoms with van der Waals surface area (Å²) in [6, 6.07) is 6.71. The largest absolute Gasteiger partial charge is 0.348 e. The number of hydrogen-bond donors (Lipinski definition) is 1. The summed E-state index contributed by atoms with van der Waals surface area (Å²) >= 11 is 3.28. The molecule has 1 aromatic heterocycles. The van der Waals surface area contributed by atoms with Crippen LogP contribution in [0.2, 0.25) is 0 Å². The Hall–Kier alpha value is -2.44. The number of hydrogen-bond acceptors (Lipinski definition) is 5. The summed E-state index contributed by atoms with van der Waals surface area (Å²) in [6.45, 7) is 5.96. The van der Waals surface area contributed by atoms with Crippen LogP contribution in [0.25, 0.3) is 0 Å². The Morgan fingerprint density at radius 3 is 2.50 bits per heavy atom. The van der Waals surface area contributed by atoms with Crippen molar-refractivity contribution in [3.8, 4) is 6.19 Å². The van der Waals surface area contributed by atoms with E-state index in [0.717, 1.165) is 11.3 Å². The number of carbonyl (C=O) groups excluding carboxylic acids is 1. The number of rotatable bonds is 5. The van der Waals surface area contributed by atoms with E-state index >= 15 is 0 Å². The number of amides is 1. The summed E-state index contributed by atoms with van der Waals surface area (Å²) in [4.78, 5) is 25.4. The van der Waals surface area contributed by atoms with E-state index in [2.05, 4.69) is 25.6 Å². The highest BCUT2D eigenvalue weighted by molar-refractivity contribution is 9.10. The Morgan fingerprint density at radius 2 is 1.96 bits per heavy atom. The van der Waals surface area contributed by atoms with E-state index in [4.69, 9.17) is 5.26 Å². The molecule has 0 aliphatic rings. The number of pyridine rings is 1. The third-order valence-electron chi connectivity index (χ3n) is 4.25. The van der Waals surface area contributed by atoms with Crippen molar-refractivity contribution in [3.05, 3.63) is 62.0 Å². The van der Waals surface area contributed by atoms with Crippen LogP contribution in [0.15, 0.2) is 49.0 Å². The van der Waals surface area contributed by atoms with Gasteiger partial charge in [0.25, 0.3) is 5.91 Å². The molecule has 0 unspecified atom stereocenters. The van der Waals surface area contributed by atoms with E-state index in [-0.39, 0.29) is 23.6 Å². The molecule has 0 radical (unpaired) electrons. The van der Waals surface area contributed by atoms with Crippen LogP contribution in [0, 0.1) is 18.4 Å². The molecule has 1 heterocycles. The summed E-state index contributed by atoms with van der Waals surface area (Å²) in [5, 5.41) is 11.3. The minimum atomic E-state index is -2.75. The highest BCUT2D eigenvalue weighted by Gasteiger charge is 2.17. The van der Waals surface area contributed by atoms with Gasteiger partial charge < -0.3 is 9.88 Å². The van der Waals surface area contributed by atoms with Crippen LogP contribution in [0.4, 0.5) is 0 Å². The molecule has 0 aliphatic carbocycles. The molecule has 0 aliphatic heterocycles.